The molecule has 3 aromatic rings. The number of rotatable bonds is 6. The lowest BCUT2D eigenvalue weighted by molar-refractivity contribution is 0.133. The van der Waals surface area contributed by atoms with Crippen molar-refractivity contribution < 1.29 is 9.47 Å². The topological polar surface area (TPSA) is 75.7 Å². The molecule has 6 rings (SSSR count). The van der Waals surface area contributed by atoms with Gasteiger partial charge in [0.25, 0.3) is 0 Å². The third-order valence-electron chi connectivity index (χ3n) is 7.11. The molecule has 1 unspecified atom stereocenters. The zero-order chi connectivity index (χ0) is 24.2. The zero-order valence-corrected chi connectivity index (χ0v) is 20.5. The van der Waals surface area contributed by atoms with E-state index in [4.69, 9.17) is 31.2 Å². The summed E-state index contributed by atoms with van der Waals surface area (Å²) in [6.07, 6.45) is 11.0. The van der Waals surface area contributed by atoms with Gasteiger partial charge in [-0.2, -0.15) is 14.9 Å². The van der Waals surface area contributed by atoms with Crippen molar-refractivity contribution >= 4 is 23.1 Å². The van der Waals surface area contributed by atoms with Gasteiger partial charge in [0, 0.05) is 23.7 Å². The second-order valence-electron chi connectivity index (χ2n) is 9.51. The first-order valence-electron chi connectivity index (χ1n) is 11.9. The number of fused-ring (bicyclic) bond motifs is 2. The molecule has 2 aliphatic carbocycles. The van der Waals surface area contributed by atoms with Crippen LogP contribution >= 0.6 is 11.6 Å². The fraction of sp³-hybridized carbons (Fsp3) is 0.370. The minimum atomic E-state index is -0.580. The van der Waals surface area contributed by atoms with E-state index >= 15 is 0 Å². The molecule has 35 heavy (non-hydrogen) atoms. The Labute approximate surface area is 209 Å². The summed E-state index contributed by atoms with van der Waals surface area (Å²) in [5, 5.41) is 15.7. The summed E-state index contributed by atoms with van der Waals surface area (Å²) in [6.45, 7) is 3.54. The fourth-order valence-electron chi connectivity index (χ4n) is 5.14. The molecular formula is C27H26ClN5O2. The Kier molecular flexibility index (Phi) is 5.32. The predicted molar refractivity (Wildman–Crippen MR) is 135 cm³/mol. The molecule has 1 atom stereocenters. The lowest BCUT2D eigenvalue weighted by Gasteiger charge is -2.34. The van der Waals surface area contributed by atoms with Crippen molar-refractivity contribution in [2.75, 3.05) is 18.6 Å². The van der Waals surface area contributed by atoms with Crippen LogP contribution in [0.25, 0.3) is 16.8 Å². The molecule has 0 amide bonds. The number of halogens is 1. The maximum absolute atomic E-state index is 10.2. The van der Waals surface area contributed by atoms with Gasteiger partial charge in [0.2, 0.25) is 0 Å². The van der Waals surface area contributed by atoms with Crippen molar-refractivity contribution in [2.24, 2.45) is 5.41 Å². The first-order valence-corrected chi connectivity index (χ1v) is 12.3. The van der Waals surface area contributed by atoms with Gasteiger partial charge in [0.15, 0.2) is 5.65 Å². The summed E-state index contributed by atoms with van der Waals surface area (Å²) in [5.74, 6) is 1.69. The van der Waals surface area contributed by atoms with Gasteiger partial charge in [-0.15, -0.1) is 0 Å². The van der Waals surface area contributed by atoms with Gasteiger partial charge in [0.1, 0.15) is 11.6 Å². The molecule has 1 aromatic carbocycles. The van der Waals surface area contributed by atoms with Crippen molar-refractivity contribution in [1.82, 2.24) is 14.6 Å². The number of aromatic nitrogens is 3. The minimum Gasteiger partial charge on any atom is -0.497 e. The van der Waals surface area contributed by atoms with Crippen LogP contribution in [0.2, 0.25) is 5.02 Å². The average Bonchev–Trinajstić information content (AvgIpc) is 3.53. The number of benzene rings is 1. The molecule has 3 aliphatic rings. The molecule has 0 saturated heterocycles. The van der Waals surface area contributed by atoms with Crippen molar-refractivity contribution in [2.45, 2.75) is 45.4 Å². The van der Waals surface area contributed by atoms with Crippen molar-refractivity contribution in [3.8, 4) is 22.9 Å². The van der Waals surface area contributed by atoms with E-state index in [1.165, 1.54) is 0 Å². The van der Waals surface area contributed by atoms with Crippen LogP contribution in [0.15, 0.2) is 42.5 Å². The highest BCUT2D eigenvalue weighted by atomic mass is 35.5. The van der Waals surface area contributed by atoms with Gasteiger partial charge in [-0.1, -0.05) is 35.9 Å². The molecule has 7 nitrogen and oxygen atoms in total. The second kappa shape index (κ2) is 8.40. The highest BCUT2D eigenvalue weighted by Crippen LogP contribution is 2.43. The van der Waals surface area contributed by atoms with Crippen LogP contribution in [-0.4, -0.2) is 34.3 Å². The standard InChI is InChI=1S/C27H26ClN5O2/c1-17-24(20-9-8-19(34-2)12-22(20)28)25-30-23-14-35-13-21(23)26(33(25)31-17)32(18-6-7-18)16-27(15-29)10-4-3-5-11-27/h3-5,8-10,12,18H,6-7,11,13-14,16H2,1-2H3. The Morgan fingerprint density at radius 1 is 1.31 bits per heavy atom. The molecule has 1 aliphatic heterocycles. The number of nitrogens with zero attached hydrogens (tertiary/aromatic N) is 5. The molecule has 178 valence electrons. The smallest absolute Gasteiger partial charge is 0.165 e. The van der Waals surface area contributed by atoms with Crippen LogP contribution in [0.5, 0.6) is 5.75 Å². The maximum atomic E-state index is 10.2. The Balaban J connectivity index is 1.55. The van der Waals surface area contributed by atoms with E-state index in [-0.39, 0.29) is 0 Å². The quantitative estimate of drug-likeness (QED) is 0.464. The van der Waals surface area contributed by atoms with Crippen LogP contribution in [0.3, 0.4) is 0 Å². The monoisotopic (exact) mass is 487 g/mol. The normalized spacial score (nSPS) is 20.7. The highest BCUT2D eigenvalue weighted by Gasteiger charge is 2.40. The number of aryl methyl sites for hydroxylation is 1. The number of methoxy groups -OCH3 is 1. The predicted octanol–water partition coefficient (Wildman–Crippen LogP) is 5.39. The Hall–Kier alpha value is -3.34. The van der Waals surface area contributed by atoms with Crippen LogP contribution in [0.1, 0.15) is 36.2 Å². The number of allylic oxidation sites excluding steroid dienone is 3. The van der Waals surface area contributed by atoms with Crippen molar-refractivity contribution in [1.29, 1.82) is 5.26 Å². The van der Waals surface area contributed by atoms with E-state index in [0.29, 0.717) is 43.0 Å². The summed E-state index contributed by atoms with van der Waals surface area (Å²) in [5.41, 5.74) is 4.77. The molecule has 0 bridgehead atoms. The molecule has 3 heterocycles. The van der Waals surface area contributed by atoms with Crippen LogP contribution in [-0.2, 0) is 18.0 Å². The fourth-order valence-corrected chi connectivity index (χ4v) is 5.40. The molecule has 1 fully saturated rings. The highest BCUT2D eigenvalue weighted by molar-refractivity contribution is 6.33. The van der Waals surface area contributed by atoms with E-state index in [0.717, 1.165) is 52.4 Å². The van der Waals surface area contributed by atoms with Gasteiger partial charge in [-0.25, -0.2) is 4.98 Å². The largest absolute Gasteiger partial charge is 0.497 e. The second-order valence-corrected chi connectivity index (χ2v) is 9.92. The number of hydrogen-bond acceptors (Lipinski definition) is 6. The summed E-state index contributed by atoms with van der Waals surface area (Å²) >= 11 is 6.69. The Morgan fingerprint density at radius 2 is 2.17 bits per heavy atom. The lowest BCUT2D eigenvalue weighted by atomic mass is 9.82. The van der Waals surface area contributed by atoms with E-state index in [2.05, 4.69) is 17.0 Å². The Bertz CT molecular complexity index is 1430. The third-order valence-corrected chi connectivity index (χ3v) is 7.42. The number of ether oxygens (including phenoxy) is 2. The van der Waals surface area contributed by atoms with E-state index in [1.54, 1.807) is 7.11 Å². The van der Waals surface area contributed by atoms with Gasteiger partial charge in [-0.3, -0.25) is 0 Å². The zero-order valence-electron chi connectivity index (χ0n) is 19.8. The van der Waals surface area contributed by atoms with Crippen molar-refractivity contribution in [3.63, 3.8) is 0 Å². The number of nitriles is 1. The average molecular weight is 488 g/mol. The molecule has 0 spiro atoms. The van der Waals surface area contributed by atoms with E-state index in [9.17, 15) is 5.26 Å². The molecule has 0 radical (unpaired) electrons. The van der Waals surface area contributed by atoms with Gasteiger partial charge < -0.3 is 14.4 Å². The third kappa shape index (κ3) is 3.69. The molecule has 1 saturated carbocycles. The first-order chi connectivity index (χ1) is 17.0. The molecule has 0 N–H and O–H groups in total. The van der Waals surface area contributed by atoms with Gasteiger partial charge in [-0.05, 0) is 44.4 Å². The maximum Gasteiger partial charge on any atom is 0.165 e. The lowest BCUT2D eigenvalue weighted by Crippen LogP contribution is -2.39. The molecule has 2 aromatic heterocycles. The molecular weight excluding hydrogens is 462 g/mol. The van der Waals surface area contributed by atoms with Crippen LogP contribution < -0.4 is 9.64 Å². The van der Waals surface area contributed by atoms with Gasteiger partial charge >= 0.3 is 0 Å². The first kappa shape index (κ1) is 22.1. The van der Waals surface area contributed by atoms with E-state index in [1.807, 2.05) is 47.9 Å². The summed E-state index contributed by atoms with van der Waals surface area (Å²) in [7, 11) is 1.63. The summed E-state index contributed by atoms with van der Waals surface area (Å²) in [6, 6.07) is 8.63. The van der Waals surface area contributed by atoms with Crippen LogP contribution in [0.4, 0.5) is 5.82 Å². The van der Waals surface area contributed by atoms with E-state index < -0.39 is 5.41 Å². The van der Waals surface area contributed by atoms with Crippen molar-refractivity contribution in [3.05, 3.63) is 64.5 Å². The number of hydrogen-bond donors (Lipinski definition) is 0. The SMILES string of the molecule is COc1ccc(-c2c(C)nn3c(N(CC4(C#N)C=CC=CC4)C4CC4)c4c(nc23)COC4)c(Cl)c1. The Morgan fingerprint density at radius 3 is 2.86 bits per heavy atom. The van der Waals surface area contributed by atoms with Gasteiger partial charge in [0.05, 0.1) is 53.8 Å². The minimum absolute atomic E-state index is 0.368. The summed E-state index contributed by atoms with van der Waals surface area (Å²) in [4.78, 5) is 7.39. The van der Waals surface area contributed by atoms with Crippen LogP contribution in [0, 0.1) is 23.7 Å². The number of anilines is 1. The molecule has 8 heteroatoms. The summed E-state index contributed by atoms with van der Waals surface area (Å²) < 4.78 is 13.1.